The van der Waals surface area contributed by atoms with Gasteiger partial charge in [0.05, 0.1) is 0 Å². The highest BCUT2D eigenvalue weighted by molar-refractivity contribution is 9.09. The van der Waals surface area contributed by atoms with Gasteiger partial charge in [0.2, 0.25) is 0 Å². The van der Waals surface area contributed by atoms with E-state index in [1.807, 2.05) is 0 Å². The summed E-state index contributed by atoms with van der Waals surface area (Å²) < 4.78 is 5.40. The highest BCUT2D eigenvalue weighted by Crippen LogP contribution is 2.21. The summed E-state index contributed by atoms with van der Waals surface area (Å²) in [5.74, 6) is 0.837. The molecule has 0 bridgehead atoms. The predicted molar refractivity (Wildman–Crippen MR) is 51.2 cm³/mol. The van der Waals surface area contributed by atoms with Crippen LogP contribution in [-0.4, -0.2) is 18.0 Å². The molecule has 1 aliphatic rings. The fraction of sp³-hybridized carbons (Fsp3) is 1.00. The van der Waals surface area contributed by atoms with E-state index in [0.717, 1.165) is 19.1 Å². The van der Waals surface area contributed by atoms with Crippen molar-refractivity contribution in [1.82, 2.24) is 0 Å². The summed E-state index contributed by atoms with van der Waals surface area (Å²) in [6.07, 6.45) is 5.25. The van der Waals surface area contributed by atoms with E-state index in [0.29, 0.717) is 4.83 Å². The lowest BCUT2D eigenvalue weighted by atomic mass is 9.96. The molecule has 2 unspecified atom stereocenters. The quantitative estimate of drug-likeness (QED) is 0.665. The van der Waals surface area contributed by atoms with Gasteiger partial charge in [-0.1, -0.05) is 22.9 Å². The highest BCUT2D eigenvalue weighted by atomic mass is 79.9. The van der Waals surface area contributed by atoms with Crippen LogP contribution >= 0.6 is 15.9 Å². The smallest absolute Gasteiger partial charge is 0.0494 e. The molecule has 1 saturated heterocycles. The van der Waals surface area contributed by atoms with Crippen molar-refractivity contribution >= 4 is 15.9 Å². The molecule has 0 spiro atoms. The lowest BCUT2D eigenvalue weighted by molar-refractivity contribution is 0.0511. The summed E-state index contributed by atoms with van der Waals surface area (Å²) in [7, 11) is 0. The van der Waals surface area contributed by atoms with Crippen LogP contribution in [0.15, 0.2) is 0 Å². The minimum absolute atomic E-state index is 0.671. The molecule has 0 N–H and O–H groups in total. The van der Waals surface area contributed by atoms with Gasteiger partial charge in [0, 0.05) is 18.0 Å². The van der Waals surface area contributed by atoms with Gasteiger partial charge in [-0.15, -0.1) is 0 Å². The molecule has 0 aromatic heterocycles. The summed E-state index contributed by atoms with van der Waals surface area (Å²) in [5, 5.41) is 0. The van der Waals surface area contributed by atoms with Gasteiger partial charge >= 0.3 is 0 Å². The first-order valence-corrected chi connectivity index (χ1v) is 5.42. The maximum absolute atomic E-state index is 5.40. The Morgan fingerprint density at radius 1 is 1.64 bits per heavy atom. The van der Waals surface area contributed by atoms with E-state index in [-0.39, 0.29) is 0 Å². The predicted octanol–water partition coefficient (Wildman–Crippen LogP) is 2.98. The van der Waals surface area contributed by atoms with Crippen LogP contribution in [0, 0.1) is 5.92 Å². The average molecular weight is 221 g/mol. The third kappa shape index (κ3) is 4.12. The molecule has 0 amide bonds. The first kappa shape index (κ1) is 9.53. The van der Waals surface area contributed by atoms with Crippen LogP contribution in [0.1, 0.15) is 32.6 Å². The monoisotopic (exact) mass is 220 g/mol. The second-order valence-corrected chi connectivity index (χ2v) is 5.00. The van der Waals surface area contributed by atoms with Gasteiger partial charge in [0.25, 0.3) is 0 Å². The summed E-state index contributed by atoms with van der Waals surface area (Å²) in [5.41, 5.74) is 0. The van der Waals surface area contributed by atoms with Crippen LogP contribution in [0.2, 0.25) is 0 Å². The van der Waals surface area contributed by atoms with Crippen molar-refractivity contribution in [2.24, 2.45) is 5.92 Å². The van der Waals surface area contributed by atoms with E-state index in [1.165, 1.54) is 25.7 Å². The Morgan fingerprint density at radius 3 is 3.00 bits per heavy atom. The molecule has 1 rings (SSSR count). The fourth-order valence-electron chi connectivity index (χ4n) is 1.50. The molecule has 2 atom stereocenters. The minimum atomic E-state index is 0.671. The summed E-state index contributed by atoms with van der Waals surface area (Å²) in [6, 6.07) is 0. The van der Waals surface area contributed by atoms with Crippen molar-refractivity contribution in [2.45, 2.75) is 37.4 Å². The maximum Gasteiger partial charge on any atom is 0.0494 e. The molecule has 0 aromatic carbocycles. The molecular weight excluding hydrogens is 204 g/mol. The van der Waals surface area contributed by atoms with Crippen molar-refractivity contribution in [2.75, 3.05) is 13.2 Å². The van der Waals surface area contributed by atoms with Gasteiger partial charge in [-0.05, 0) is 31.6 Å². The minimum Gasteiger partial charge on any atom is -0.381 e. The first-order valence-electron chi connectivity index (χ1n) is 4.51. The Kier molecular flexibility index (Phi) is 4.46. The van der Waals surface area contributed by atoms with E-state index in [4.69, 9.17) is 4.74 Å². The van der Waals surface area contributed by atoms with Crippen LogP contribution in [0.5, 0.6) is 0 Å². The topological polar surface area (TPSA) is 9.23 Å². The number of halogens is 1. The molecule has 1 fully saturated rings. The van der Waals surface area contributed by atoms with Crippen LogP contribution in [0.25, 0.3) is 0 Å². The Labute approximate surface area is 77.6 Å². The number of rotatable bonds is 3. The van der Waals surface area contributed by atoms with Crippen LogP contribution < -0.4 is 0 Å². The average Bonchev–Trinajstić information content (AvgIpc) is 2.03. The molecule has 1 heterocycles. The SMILES string of the molecule is CC(Br)CCC1CCCOC1. The zero-order valence-electron chi connectivity index (χ0n) is 7.18. The third-order valence-electron chi connectivity index (χ3n) is 2.23. The van der Waals surface area contributed by atoms with Gasteiger partial charge in [0.15, 0.2) is 0 Å². The molecule has 2 heteroatoms. The van der Waals surface area contributed by atoms with Crippen molar-refractivity contribution in [1.29, 1.82) is 0 Å². The van der Waals surface area contributed by atoms with E-state index >= 15 is 0 Å². The summed E-state index contributed by atoms with van der Waals surface area (Å²) >= 11 is 3.56. The van der Waals surface area contributed by atoms with Gasteiger partial charge in [0.1, 0.15) is 0 Å². The zero-order valence-corrected chi connectivity index (χ0v) is 8.77. The van der Waals surface area contributed by atoms with Gasteiger partial charge < -0.3 is 4.74 Å². The van der Waals surface area contributed by atoms with Gasteiger partial charge in [-0.2, -0.15) is 0 Å². The summed E-state index contributed by atoms with van der Waals surface area (Å²) in [6.45, 7) is 4.20. The normalized spacial score (nSPS) is 28.4. The van der Waals surface area contributed by atoms with Crippen molar-refractivity contribution < 1.29 is 4.74 Å². The molecule has 1 nitrogen and oxygen atoms in total. The second-order valence-electron chi connectivity index (χ2n) is 3.44. The van der Waals surface area contributed by atoms with E-state index < -0.39 is 0 Å². The maximum atomic E-state index is 5.40. The molecule has 0 saturated carbocycles. The molecule has 11 heavy (non-hydrogen) atoms. The Morgan fingerprint density at radius 2 is 2.45 bits per heavy atom. The van der Waals surface area contributed by atoms with E-state index in [1.54, 1.807) is 0 Å². The largest absolute Gasteiger partial charge is 0.381 e. The van der Waals surface area contributed by atoms with Crippen molar-refractivity contribution in [3.05, 3.63) is 0 Å². The molecule has 0 aliphatic carbocycles. The number of hydrogen-bond donors (Lipinski definition) is 0. The van der Waals surface area contributed by atoms with Crippen molar-refractivity contribution in [3.8, 4) is 0 Å². The number of hydrogen-bond acceptors (Lipinski definition) is 1. The summed E-state index contributed by atoms with van der Waals surface area (Å²) in [4.78, 5) is 0.671. The second kappa shape index (κ2) is 5.15. The molecule has 1 aliphatic heterocycles. The first-order chi connectivity index (χ1) is 5.29. The number of alkyl halides is 1. The Hall–Kier alpha value is 0.440. The molecule has 66 valence electrons. The van der Waals surface area contributed by atoms with Crippen LogP contribution in [0.4, 0.5) is 0 Å². The van der Waals surface area contributed by atoms with Crippen molar-refractivity contribution in [3.63, 3.8) is 0 Å². The van der Waals surface area contributed by atoms with E-state index in [2.05, 4.69) is 22.9 Å². The fourth-order valence-corrected chi connectivity index (χ4v) is 1.76. The van der Waals surface area contributed by atoms with E-state index in [9.17, 15) is 0 Å². The van der Waals surface area contributed by atoms with Crippen LogP contribution in [-0.2, 0) is 4.74 Å². The van der Waals surface area contributed by atoms with Gasteiger partial charge in [-0.3, -0.25) is 0 Å². The Balaban J connectivity index is 2.05. The molecule has 0 radical (unpaired) electrons. The lowest BCUT2D eigenvalue weighted by Gasteiger charge is -2.22. The zero-order chi connectivity index (χ0) is 8.10. The van der Waals surface area contributed by atoms with Crippen LogP contribution in [0.3, 0.4) is 0 Å². The third-order valence-corrected chi connectivity index (χ3v) is 2.69. The Bertz CT molecular complexity index is 97.7. The molecule has 0 aromatic rings. The molecular formula is C9H17BrO. The number of ether oxygens (including phenoxy) is 1. The van der Waals surface area contributed by atoms with Gasteiger partial charge in [-0.25, -0.2) is 0 Å². The lowest BCUT2D eigenvalue weighted by Crippen LogP contribution is -2.17. The standard InChI is InChI=1S/C9H17BrO/c1-8(10)4-5-9-3-2-6-11-7-9/h8-9H,2-7H2,1H3. The highest BCUT2D eigenvalue weighted by Gasteiger charge is 2.13.